The van der Waals surface area contributed by atoms with Crippen molar-refractivity contribution in [2.24, 2.45) is 0 Å². The molecule has 1 saturated heterocycles. The van der Waals surface area contributed by atoms with Gasteiger partial charge in [0.2, 0.25) is 5.91 Å². The van der Waals surface area contributed by atoms with Crippen molar-refractivity contribution in [2.45, 2.75) is 20.4 Å². The lowest BCUT2D eigenvalue weighted by Crippen LogP contribution is -2.25. The number of rotatable bonds is 2. The normalized spacial score (nSPS) is 14.8. The molecule has 1 aliphatic rings. The highest BCUT2D eigenvalue weighted by molar-refractivity contribution is 5.79. The molecule has 1 heterocycles. The molecule has 3 nitrogen and oxygen atoms in total. The number of nitrogens with zero attached hydrogens (tertiary/aromatic N) is 1. The molecule has 3 heteroatoms. The van der Waals surface area contributed by atoms with Crippen LogP contribution in [0.25, 0.3) is 0 Å². The molecule has 0 spiro atoms. The van der Waals surface area contributed by atoms with E-state index >= 15 is 0 Å². The van der Waals surface area contributed by atoms with E-state index in [2.05, 4.69) is 5.32 Å². The highest BCUT2D eigenvalue weighted by Gasteiger charge is 2.18. The quantitative estimate of drug-likeness (QED) is 0.797. The Kier molecular flexibility index (Phi) is 4.84. The Labute approximate surface area is 91.1 Å². The minimum absolute atomic E-state index is 0.184. The largest absolute Gasteiger partial charge is 0.324 e. The molecule has 1 aliphatic heterocycles. The summed E-state index contributed by atoms with van der Waals surface area (Å²) in [6.45, 7) is 5.87. The Hall–Kier alpha value is -1.35. The highest BCUT2D eigenvalue weighted by atomic mass is 16.2. The third-order valence-electron chi connectivity index (χ3n) is 2.15. The Bertz CT molecular complexity index is 298. The first-order valence-corrected chi connectivity index (χ1v) is 5.39. The number of amides is 1. The van der Waals surface area contributed by atoms with Gasteiger partial charge in [-0.15, -0.1) is 0 Å². The van der Waals surface area contributed by atoms with Crippen molar-refractivity contribution in [3.05, 3.63) is 35.9 Å². The van der Waals surface area contributed by atoms with Gasteiger partial charge in [-0.1, -0.05) is 44.2 Å². The maximum Gasteiger partial charge on any atom is 0.237 e. The minimum atomic E-state index is 0.184. The van der Waals surface area contributed by atoms with Crippen molar-refractivity contribution in [3.8, 4) is 0 Å². The first kappa shape index (κ1) is 11.7. The average Bonchev–Trinajstić information content (AvgIpc) is 2.69. The van der Waals surface area contributed by atoms with Crippen LogP contribution in [0.3, 0.4) is 0 Å². The maximum atomic E-state index is 11.2. The van der Waals surface area contributed by atoms with Crippen LogP contribution in [0.1, 0.15) is 19.4 Å². The molecule has 1 aromatic rings. The zero-order chi connectivity index (χ0) is 11.1. The van der Waals surface area contributed by atoms with Crippen LogP contribution in [0.15, 0.2) is 30.3 Å². The fourth-order valence-corrected chi connectivity index (χ4v) is 1.45. The molecule has 1 fully saturated rings. The van der Waals surface area contributed by atoms with E-state index in [1.807, 2.05) is 49.1 Å². The highest BCUT2D eigenvalue weighted by Crippen LogP contribution is 2.05. The number of hydrogen-bond acceptors (Lipinski definition) is 2. The summed E-state index contributed by atoms with van der Waals surface area (Å²) in [7, 11) is 0. The summed E-state index contributed by atoms with van der Waals surface area (Å²) in [4.78, 5) is 13.1. The molecule has 0 atom stereocenters. The van der Waals surface area contributed by atoms with E-state index in [-0.39, 0.29) is 5.91 Å². The lowest BCUT2D eigenvalue weighted by molar-refractivity contribution is -0.127. The van der Waals surface area contributed by atoms with Gasteiger partial charge >= 0.3 is 0 Å². The van der Waals surface area contributed by atoms with E-state index in [0.29, 0.717) is 19.8 Å². The number of benzene rings is 1. The standard InChI is InChI=1S/C10H12N2O.C2H6/c13-10-6-11-8-12(10)7-9-4-2-1-3-5-9;1-2/h1-5,11H,6-8H2;1-2H3. The second kappa shape index (κ2) is 6.19. The molecular weight excluding hydrogens is 188 g/mol. The monoisotopic (exact) mass is 206 g/mol. The fraction of sp³-hybridized carbons (Fsp3) is 0.417. The van der Waals surface area contributed by atoms with Gasteiger partial charge in [0.15, 0.2) is 0 Å². The van der Waals surface area contributed by atoms with Gasteiger partial charge in [0, 0.05) is 6.54 Å². The van der Waals surface area contributed by atoms with Crippen LogP contribution in [0, 0.1) is 0 Å². The Morgan fingerprint density at radius 2 is 1.93 bits per heavy atom. The SMILES string of the molecule is CC.O=C1CNCN1Cc1ccccc1. The maximum absolute atomic E-state index is 11.2. The molecular formula is C12H18N2O. The topological polar surface area (TPSA) is 32.3 Å². The van der Waals surface area contributed by atoms with Gasteiger partial charge in [-0.3, -0.25) is 10.1 Å². The Balaban J connectivity index is 0.000000531. The molecule has 82 valence electrons. The van der Waals surface area contributed by atoms with Crippen LogP contribution in [0.2, 0.25) is 0 Å². The molecule has 1 aromatic carbocycles. The molecule has 0 aliphatic carbocycles. The van der Waals surface area contributed by atoms with E-state index in [0.717, 1.165) is 0 Å². The van der Waals surface area contributed by atoms with Crippen molar-refractivity contribution < 1.29 is 4.79 Å². The number of hydrogen-bond donors (Lipinski definition) is 1. The summed E-state index contributed by atoms with van der Waals surface area (Å²) in [6, 6.07) is 10.0. The van der Waals surface area contributed by atoms with Crippen LogP contribution < -0.4 is 5.32 Å². The Morgan fingerprint density at radius 3 is 2.47 bits per heavy atom. The van der Waals surface area contributed by atoms with Crippen LogP contribution in [0.5, 0.6) is 0 Å². The zero-order valence-electron chi connectivity index (χ0n) is 9.36. The molecule has 0 unspecified atom stereocenters. The number of carbonyl (C=O) groups is 1. The average molecular weight is 206 g/mol. The van der Waals surface area contributed by atoms with Crippen LogP contribution >= 0.6 is 0 Å². The molecule has 1 N–H and O–H groups in total. The van der Waals surface area contributed by atoms with Crippen LogP contribution in [-0.2, 0) is 11.3 Å². The molecule has 1 amide bonds. The summed E-state index contributed by atoms with van der Waals surface area (Å²) < 4.78 is 0. The van der Waals surface area contributed by atoms with Gasteiger partial charge in [-0.05, 0) is 5.56 Å². The minimum Gasteiger partial charge on any atom is -0.324 e. The molecule has 2 rings (SSSR count). The Morgan fingerprint density at radius 1 is 1.27 bits per heavy atom. The van der Waals surface area contributed by atoms with Crippen molar-refractivity contribution in [2.75, 3.05) is 13.2 Å². The lowest BCUT2D eigenvalue weighted by Gasteiger charge is -2.13. The smallest absolute Gasteiger partial charge is 0.237 e. The number of nitrogens with one attached hydrogen (secondary N) is 1. The van der Waals surface area contributed by atoms with Gasteiger partial charge in [0.1, 0.15) is 0 Å². The molecule has 0 saturated carbocycles. The van der Waals surface area contributed by atoms with Crippen LogP contribution in [-0.4, -0.2) is 24.0 Å². The first-order chi connectivity index (χ1) is 7.36. The van der Waals surface area contributed by atoms with Gasteiger partial charge in [0.05, 0.1) is 13.2 Å². The fourth-order valence-electron chi connectivity index (χ4n) is 1.45. The third-order valence-corrected chi connectivity index (χ3v) is 2.15. The second-order valence-electron chi connectivity index (χ2n) is 3.16. The van der Waals surface area contributed by atoms with E-state index in [1.165, 1.54) is 5.56 Å². The summed E-state index contributed by atoms with van der Waals surface area (Å²) >= 11 is 0. The van der Waals surface area contributed by atoms with E-state index in [9.17, 15) is 4.79 Å². The summed E-state index contributed by atoms with van der Waals surface area (Å²) in [6.07, 6.45) is 0. The van der Waals surface area contributed by atoms with Crippen molar-refractivity contribution in [1.29, 1.82) is 0 Å². The van der Waals surface area contributed by atoms with E-state index in [1.54, 1.807) is 0 Å². The van der Waals surface area contributed by atoms with Gasteiger partial charge in [-0.25, -0.2) is 0 Å². The van der Waals surface area contributed by atoms with E-state index < -0.39 is 0 Å². The third kappa shape index (κ3) is 3.36. The first-order valence-electron chi connectivity index (χ1n) is 5.39. The van der Waals surface area contributed by atoms with Crippen molar-refractivity contribution in [1.82, 2.24) is 10.2 Å². The molecule has 0 bridgehead atoms. The molecule has 0 radical (unpaired) electrons. The predicted molar refractivity (Wildman–Crippen MR) is 61.2 cm³/mol. The van der Waals surface area contributed by atoms with Crippen molar-refractivity contribution >= 4 is 5.91 Å². The van der Waals surface area contributed by atoms with Crippen molar-refractivity contribution in [3.63, 3.8) is 0 Å². The summed E-state index contributed by atoms with van der Waals surface area (Å²) in [5, 5.41) is 3.02. The summed E-state index contributed by atoms with van der Waals surface area (Å²) in [5.41, 5.74) is 1.18. The van der Waals surface area contributed by atoms with Gasteiger partial charge < -0.3 is 4.90 Å². The molecule has 15 heavy (non-hydrogen) atoms. The number of carbonyl (C=O) groups excluding carboxylic acids is 1. The van der Waals surface area contributed by atoms with Crippen LogP contribution in [0.4, 0.5) is 0 Å². The summed E-state index contributed by atoms with van der Waals surface area (Å²) in [5.74, 6) is 0.184. The lowest BCUT2D eigenvalue weighted by atomic mass is 10.2. The molecule has 0 aromatic heterocycles. The second-order valence-corrected chi connectivity index (χ2v) is 3.16. The zero-order valence-corrected chi connectivity index (χ0v) is 9.36. The van der Waals surface area contributed by atoms with E-state index in [4.69, 9.17) is 0 Å². The van der Waals surface area contributed by atoms with Gasteiger partial charge in [0.25, 0.3) is 0 Å². The predicted octanol–water partition coefficient (Wildman–Crippen LogP) is 1.60. The van der Waals surface area contributed by atoms with Gasteiger partial charge in [-0.2, -0.15) is 0 Å².